The average molecular weight is 407 g/mol. The van der Waals surface area contributed by atoms with Crippen molar-refractivity contribution in [2.24, 2.45) is 0 Å². The lowest BCUT2D eigenvalue weighted by molar-refractivity contribution is 0.392. The lowest BCUT2D eigenvalue weighted by Crippen LogP contribution is -2.14. The molecule has 0 radical (unpaired) electrons. The van der Waals surface area contributed by atoms with Gasteiger partial charge in [-0.15, -0.1) is 0 Å². The first-order valence-corrected chi connectivity index (χ1v) is 8.72. The van der Waals surface area contributed by atoms with Crippen LogP contribution >= 0.6 is 27.5 Å². The third kappa shape index (κ3) is 3.66. The number of anilines is 1. The number of hydrogen-bond acceptors (Lipinski definition) is 4. The third-order valence-corrected chi connectivity index (χ3v) is 5.05. The van der Waals surface area contributed by atoms with E-state index in [0.717, 1.165) is 4.47 Å². The SMILES string of the molecule is COc1cc(S(=O)(=O)Nc2ccc(Br)cc2)c(OC)cc1Cl. The van der Waals surface area contributed by atoms with Crippen LogP contribution in [0, 0.1) is 0 Å². The van der Waals surface area contributed by atoms with Crippen LogP contribution in [0.4, 0.5) is 5.69 Å². The van der Waals surface area contributed by atoms with Gasteiger partial charge in [-0.3, -0.25) is 4.72 Å². The number of ether oxygens (including phenoxy) is 2. The number of benzene rings is 2. The Labute approximate surface area is 142 Å². The maximum absolute atomic E-state index is 12.5. The molecule has 1 N–H and O–H groups in total. The minimum atomic E-state index is -3.85. The lowest BCUT2D eigenvalue weighted by atomic mass is 10.3. The summed E-state index contributed by atoms with van der Waals surface area (Å²) in [5, 5.41) is 0.266. The molecule has 0 aliphatic carbocycles. The van der Waals surface area contributed by atoms with Gasteiger partial charge in [0.2, 0.25) is 0 Å². The van der Waals surface area contributed by atoms with Crippen molar-refractivity contribution in [3.05, 3.63) is 45.9 Å². The van der Waals surface area contributed by atoms with Crippen molar-refractivity contribution in [1.82, 2.24) is 0 Å². The Morgan fingerprint density at radius 2 is 1.64 bits per heavy atom. The van der Waals surface area contributed by atoms with Crippen LogP contribution < -0.4 is 14.2 Å². The van der Waals surface area contributed by atoms with Gasteiger partial charge in [-0.05, 0) is 24.3 Å². The molecule has 0 saturated carbocycles. The zero-order valence-corrected chi connectivity index (χ0v) is 14.9. The van der Waals surface area contributed by atoms with Gasteiger partial charge in [0.05, 0.1) is 19.2 Å². The molecular weight excluding hydrogens is 394 g/mol. The van der Waals surface area contributed by atoms with Gasteiger partial charge in [0, 0.05) is 22.3 Å². The number of methoxy groups -OCH3 is 2. The van der Waals surface area contributed by atoms with Crippen molar-refractivity contribution < 1.29 is 17.9 Å². The maximum Gasteiger partial charge on any atom is 0.265 e. The molecule has 0 bridgehead atoms. The van der Waals surface area contributed by atoms with E-state index < -0.39 is 10.0 Å². The summed E-state index contributed by atoms with van der Waals surface area (Å²) in [6.07, 6.45) is 0. The van der Waals surface area contributed by atoms with Crippen LogP contribution in [0.3, 0.4) is 0 Å². The average Bonchev–Trinajstić information content (AvgIpc) is 2.48. The van der Waals surface area contributed by atoms with Crippen LogP contribution in [0.15, 0.2) is 45.8 Å². The minimum Gasteiger partial charge on any atom is -0.495 e. The van der Waals surface area contributed by atoms with Crippen LogP contribution in [0.2, 0.25) is 5.02 Å². The van der Waals surface area contributed by atoms with Crippen molar-refractivity contribution in [1.29, 1.82) is 0 Å². The number of sulfonamides is 1. The second-order valence-electron chi connectivity index (χ2n) is 4.25. The summed E-state index contributed by atoms with van der Waals surface area (Å²) in [4.78, 5) is -0.0563. The van der Waals surface area contributed by atoms with Gasteiger partial charge in [-0.1, -0.05) is 27.5 Å². The molecule has 0 spiro atoms. The van der Waals surface area contributed by atoms with Crippen molar-refractivity contribution in [2.45, 2.75) is 4.90 Å². The number of nitrogens with one attached hydrogen (secondary N) is 1. The molecule has 0 aromatic heterocycles. The standard InChI is InChI=1S/C14H13BrClNO4S/c1-20-12-8-14(13(21-2)7-11(12)16)22(18,19)17-10-5-3-9(15)4-6-10/h3-8,17H,1-2H3. The van der Waals surface area contributed by atoms with E-state index in [4.69, 9.17) is 21.1 Å². The van der Waals surface area contributed by atoms with Crippen molar-refractivity contribution >= 4 is 43.2 Å². The van der Waals surface area contributed by atoms with Gasteiger partial charge in [0.25, 0.3) is 10.0 Å². The molecule has 0 aliphatic heterocycles. The zero-order valence-electron chi connectivity index (χ0n) is 11.8. The highest BCUT2D eigenvalue weighted by molar-refractivity contribution is 9.10. The monoisotopic (exact) mass is 405 g/mol. The molecule has 2 aromatic carbocycles. The van der Waals surface area contributed by atoms with Gasteiger partial charge in [0.15, 0.2) is 0 Å². The summed E-state index contributed by atoms with van der Waals surface area (Å²) in [6, 6.07) is 9.47. The van der Waals surface area contributed by atoms with Gasteiger partial charge in [-0.25, -0.2) is 8.42 Å². The number of rotatable bonds is 5. The minimum absolute atomic E-state index is 0.0563. The van der Waals surface area contributed by atoms with E-state index >= 15 is 0 Å². The van der Waals surface area contributed by atoms with E-state index in [-0.39, 0.29) is 21.4 Å². The van der Waals surface area contributed by atoms with E-state index in [1.165, 1.54) is 26.4 Å². The van der Waals surface area contributed by atoms with Gasteiger partial charge < -0.3 is 9.47 Å². The quantitative estimate of drug-likeness (QED) is 0.817. The van der Waals surface area contributed by atoms with Crippen molar-refractivity contribution in [3.63, 3.8) is 0 Å². The summed E-state index contributed by atoms with van der Waals surface area (Å²) < 4.78 is 38.6. The fourth-order valence-corrected chi connectivity index (χ4v) is 3.49. The number of hydrogen-bond donors (Lipinski definition) is 1. The Balaban J connectivity index is 2.46. The molecule has 8 heteroatoms. The topological polar surface area (TPSA) is 64.6 Å². The zero-order chi connectivity index (χ0) is 16.3. The molecule has 22 heavy (non-hydrogen) atoms. The first-order valence-electron chi connectivity index (χ1n) is 6.07. The van der Waals surface area contributed by atoms with E-state index in [2.05, 4.69) is 20.7 Å². The Kier molecular flexibility index (Phi) is 5.20. The molecule has 2 aromatic rings. The lowest BCUT2D eigenvalue weighted by Gasteiger charge is -2.14. The molecule has 2 rings (SSSR count). The molecule has 0 amide bonds. The smallest absolute Gasteiger partial charge is 0.265 e. The maximum atomic E-state index is 12.5. The molecule has 0 fully saturated rings. The van der Waals surface area contributed by atoms with E-state index in [0.29, 0.717) is 5.69 Å². The van der Waals surface area contributed by atoms with Crippen LogP contribution in [0.25, 0.3) is 0 Å². The second-order valence-corrected chi connectivity index (χ2v) is 7.22. The summed E-state index contributed by atoms with van der Waals surface area (Å²) in [5.41, 5.74) is 0.430. The van der Waals surface area contributed by atoms with Crippen LogP contribution in [-0.2, 0) is 10.0 Å². The highest BCUT2D eigenvalue weighted by Crippen LogP contribution is 2.35. The summed E-state index contributed by atoms with van der Waals surface area (Å²) in [5.74, 6) is 0.383. The van der Waals surface area contributed by atoms with Gasteiger partial charge in [0.1, 0.15) is 16.4 Å². The highest BCUT2D eigenvalue weighted by Gasteiger charge is 2.22. The van der Waals surface area contributed by atoms with Crippen molar-refractivity contribution in [2.75, 3.05) is 18.9 Å². The van der Waals surface area contributed by atoms with Crippen LogP contribution in [0.1, 0.15) is 0 Å². The molecule has 0 unspecified atom stereocenters. The van der Waals surface area contributed by atoms with Crippen molar-refractivity contribution in [3.8, 4) is 11.5 Å². The predicted octanol–water partition coefficient (Wildman–Crippen LogP) is 3.92. The molecule has 0 aliphatic rings. The normalized spacial score (nSPS) is 11.1. The Hall–Kier alpha value is -1.44. The van der Waals surface area contributed by atoms with E-state index in [9.17, 15) is 8.42 Å². The van der Waals surface area contributed by atoms with Gasteiger partial charge >= 0.3 is 0 Å². The van der Waals surface area contributed by atoms with E-state index in [1.54, 1.807) is 24.3 Å². The third-order valence-electron chi connectivity index (χ3n) is 2.82. The van der Waals surface area contributed by atoms with Gasteiger partial charge in [-0.2, -0.15) is 0 Å². The molecular formula is C14H13BrClNO4S. The van der Waals surface area contributed by atoms with E-state index in [1.807, 2.05) is 0 Å². The molecule has 0 atom stereocenters. The summed E-state index contributed by atoms with van der Waals surface area (Å²) in [6.45, 7) is 0. The molecule has 0 saturated heterocycles. The first kappa shape index (κ1) is 16.9. The fourth-order valence-electron chi connectivity index (χ4n) is 1.77. The predicted molar refractivity (Wildman–Crippen MR) is 89.5 cm³/mol. The molecule has 0 heterocycles. The van der Waals surface area contributed by atoms with Crippen LogP contribution in [-0.4, -0.2) is 22.6 Å². The summed E-state index contributed by atoms with van der Waals surface area (Å²) in [7, 11) is -1.07. The largest absolute Gasteiger partial charge is 0.495 e. The highest BCUT2D eigenvalue weighted by atomic mass is 79.9. The fraction of sp³-hybridized carbons (Fsp3) is 0.143. The summed E-state index contributed by atoms with van der Waals surface area (Å²) >= 11 is 9.27. The Morgan fingerprint density at radius 3 is 2.18 bits per heavy atom. The Morgan fingerprint density at radius 1 is 1.05 bits per heavy atom. The molecule has 5 nitrogen and oxygen atoms in total. The van der Waals surface area contributed by atoms with Crippen LogP contribution in [0.5, 0.6) is 11.5 Å². The Bertz CT molecular complexity index is 778. The number of halogens is 2. The second kappa shape index (κ2) is 6.76. The molecule has 118 valence electrons. The first-order chi connectivity index (χ1) is 10.4.